The van der Waals surface area contributed by atoms with Crippen LogP contribution < -0.4 is 10.9 Å². The number of benzene rings is 1. The van der Waals surface area contributed by atoms with Gasteiger partial charge in [0.05, 0.1) is 23.5 Å². The average Bonchev–Trinajstić information content (AvgIpc) is 3.25. The molecule has 0 spiro atoms. The average molecular weight is 383 g/mol. The fourth-order valence-electron chi connectivity index (χ4n) is 4.09. The molecule has 2 aromatic heterocycles. The normalized spacial score (nSPS) is 16.9. The van der Waals surface area contributed by atoms with Crippen LogP contribution in [0.15, 0.2) is 19.7 Å². The Bertz CT molecular complexity index is 1130. The van der Waals surface area contributed by atoms with Gasteiger partial charge in [-0.25, -0.2) is 4.79 Å². The van der Waals surface area contributed by atoms with E-state index < -0.39 is 5.63 Å². The van der Waals surface area contributed by atoms with Gasteiger partial charge < -0.3 is 18.9 Å². The van der Waals surface area contributed by atoms with Crippen LogP contribution in [0.25, 0.3) is 21.9 Å². The molecule has 1 aliphatic rings. The number of hydrogen-bond donors (Lipinski definition) is 1. The second-order valence-electron chi connectivity index (χ2n) is 7.66. The van der Waals surface area contributed by atoms with Crippen LogP contribution in [0, 0.1) is 27.7 Å². The molecule has 0 bridgehead atoms. The van der Waals surface area contributed by atoms with Crippen LogP contribution >= 0.6 is 0 Å². The molecule has 4 rings (SSSR count). The highest BCUT2D eigenvalue weighted by molar-refractivity contribution is 6.07. The molecule has 148 valence electrons. The molecule has 6 heteroatoms. The Hall–Kier alpha value is -2.60. The van der Waals surface area contributed by atoms with Gasteiger partial charge in [0.1, 0.15) is 16.9 Å². The van der Waals surface area contributed by atoms with E-state index in [-0.39, 0.29) is 18.4 Å². The van der Waals surface area contributed by atoms with E-state index >= 15 is 0 Å². The number of hydrogen-bond acceptors (Lipinski definition) is 5. The zero-order chi connectivity index (χ0) is 20.0. The van der Waals surface area contributed by atoms with Gasteiger partial charge in [-0.3, -0.25) is 4.79 Å². The van der Waals surface area contributed by atoms with E-state index in [9.17, 15) is 9.59 Å². The summed E-state index contributed by atoms with van der Waals surface area (Å²) in [5.74, 6) is 0.632. The molecule has 3 aromatic rings. The van der Waals surface area contributed by atoms with Gasteiger partial charge in [-0.15, -0.1) is 0 Å². The standard InChI is InChI=1S/C22H25NO5/c1-11-8-17-20(21-19(11)12(2)14(4)27-21)13(3)16(22(25)28-17)9-18(24)23-10-15-6-5-7-26-15/h8,15H,5-7,9-10H2,1-4H3,(H,23,24)/t15-/m1/s1. The number of ether oxygens (including phenoxy) is 1. The summed E-state index contributed by atoms with van der Waals surface area (Å²) in [4.78, 5) is 25.0. The lowest BCUT2D eigenvalue weighted by molar-refractivity contribution is -0.121. The van der Waals surface area contributed by atoms with Crippen molar-refractivity contribution in [3.05, 3.63) is 44.5 Å². The summed E-state index contributed by atoms with van der Waals surface area (Å²) in [6.07, 6.45) is 2.01. The zero-order valence-corrected chi connectivity index (χ0v) is 16.7. The second-order valence-corrected chi connectivity index (χ2v) is 7.66. The number of furan rings is 1. The fraction of sp³-hybridized carbons (Fsp3) is 0.455. The van der Waals surface area contributed by atoms with Gasteiger partial charge in [0, 0.05) is 18.5 Å². The van der Waals surface area contributed by atoms with Crippen LogP contribution in [0.4, 0.5) is 0 Å². The van der Waals surface area contributed by atoms with Crippen molar-refractivity contribution in [3.8, 4) is 0 Å². The highest BCUT2D eigenvalue weighted by Crippen LogP contribution is 2.36. The Morgan fingerprint density at radius 2 is 1.93 bits per heavy atom. The maximum absolute atomic E-state index is 12.6. The van der Waals surface area contributed by atoms with Crippen molar-refractivity contribution in [1.82, 2.24) is 5.32 Å². The summed E-state index contributed by atoms with van der Waals surface area (Å²) in [7, 11) is 0. The van der Waals surface area contributed by atoms with Crippen molar-refractivity contribution < 1.29 is 18.4 Å². The highest BCUT2D eigenvalue weighted by atomic mass is 16.5. The van der Waals surface area contributed by atoms with Crippen LogP contribution in [0.3, 0.4) is 0 Å². The van der Waals surface area contributed by atoms with Gasteiger partial charge in [0.15, 0.2) is 0 Å². The molecule has 1 fully saturated rings. The van der Waals surface area contributed by atoms with Gasteiger partial charge in [0.25, 0.3) is 0 Å². The molecule has 0 aliphatic carbocycles. The molecule has 1 atom stereocenters. The largest absolute Gasteiger partial charge is 0.460 e. The number of rotatable bonds is 4. The first-order valence-corrected chi connectivity index (χ1v) is 9.70. The van der Waals surface area contributed by atoms with E-state index in [0.29, 0.717) is 23.3 Å². The van der Waals surface area contributed by atoms with Crippen molar-refractivity contribution >= 4 is 27.8 Å². The zero-order valence-electron chi connectivity index (χ0n) is 16.7. The monoisotopic (exact) mass is 383 g/mol. The van der Waals surface area contributed by atoms with E-state index in [4.69, 9.17) is 13.6 Å². The summed E-state index contributed by atoms with van der Waals surface area (Å²) >= 11 is 0. The van der Waals surface area contributed by atoms with Crippen molar-refractivity contribution in [1.29, 1.82) is 0 Å². The predicted molar refractivity (Wildman–Crippen MR) is 107 cm³/mol. The van der Waals surface area contributed by atoms with E-state index in [1.807, 2.05) is 33.8 Å². The number of nitrogens with one attached hydrogen (secondary N) is 1. The predicted octanol–water partition coefficient (Wildman–Crippen LogP) is 3.61. The fourth-order valence-corrected chi connectivity index (χ4v) is 4.09. The van der Waals surface area contributed by atoms with Gasteiger partial charge in [-0.2, -0.15) is 0 Å². The highest BCUT2D eigenvalue weighted by Gasteiger charge is 2.22. The first-order valence-electron chi connectivity index (χ1n) is 9.70. The smallest absolute Gasteiger partial charge is 0.340 e. The minimum absolute atomic E-state index is 0.0229. The van der Waals surface area contributed by atoms with Gasteiger partial charge >= 0.3 is 5.63 Å². The second kappa shape index (κ2) is 7.09. The van der Waals surface area contributed by atoms with Crippen molar-refractivity contribution in [2.45, 2.75) is 53.1 Å². The van der Waals surface area contributed by atoms with Crippen LogP contribution in [0.2, 0.25) is 0 Å². The summed E-state index contributed by atoms with van der Waals surface area (Å²) in [5.41, 5.74) is 3.91. The Morgan fingerprint density at radius 1 is 1.14 bits per heavy atom. The van der Waals surface area contributed by atoms with E-state index in [1.54, 1.807) is 0 Å². The quantitative estimate of drug-likeness (QED) is 0.696. The SMILES string of the molecule is Cc1oc2c(c(C)cc3oc(=O)c(CC(=O)NC[C@H]4CCCO4)c(C)c32)c1C. The van der Waals surface area contributed by atoms with E-state index in [2.05, 4.69) is 5.32 Å². The third-order valence-corrected chi connectivity index (χ3v) is 5.77. The summed E-state index contributed by atoms with van der Waals surface area (Å²) in [6, 6.07) is 1.87. The molecule has 0 unspecified atom stereocenters. The van der Waals surface area contributed by atoms with Gasteiger partial charge in [-0.1, -0.05) is 0 Å². The van der Waals surface area contributed by atoms with Crippen LogP contribution in [0.1, 0.15) is 40.9 Å². The molecule has 0 saturated carbocycles. The lowest BCUT2D eigenvalue weighted by Gasteiger charge is -2.12. The Kier molecular flexibility index (Phi) is 4.75. The minimum atomic E-state index is -0.476. The topological polar surface area (TPSA) is 81.7 Å². The molecule has 28 heavy (non-hydrogen) atoms. The molecule has 1 N–H and O–H groups in total. The third-order valence-electron chi connectivity index (χ3n) is 5.77. The van der Waals surface area contributed by atoms with E-state index in [1.165, 1.54) is 0 Å². The third kappa shape index (κ3) is 3.11. The van der Waals surface area contributed by atoms with Crippen molar-refractivity contribution in [3.63, 3.8) is 0 Å². The number of fused-ring (bicyclic) bond motifs is 3. The van der Waals surface area contributed by atoms with Crippen LogP contribution in [-0.2, 0) is 16.0 Å². The molecule has 6 nitrogen and oxygen atoms in total. The summed E-state index contributed by atoms with van der Waals surface area (Å²) < 4.78 is 17.1. The Morgan fingerprint density at radius 3 is 2.64 bits per heavy atom. The first kappa shape index (κ1) is 18.7. The Balaban J connectivity index is 1.73. The lowest BCUT2D eigenvalue weighted by Crippen LogP contribution is -2.34. The lowest BCUT2D eigenvalue weighted by atomic mass is 9.98. The molecule has 1 aliphatic heterocycles. The minimum Gasteiger partial charge on any atom is -0.460 e. The van der Waals surface area contributed by atoms with Crippen LogP contribution in [-0.4, -0.2) is 25.2 Å². The number of carbonyl (C=O) groups excluding carboxylic acids is 1. The summed E-state index contributed by atoms with van der Waals surface area (Å²) in [6.45, 7) is 8.99. The van der Waals surface area contributed by atoms with Gasteiger partial charge in [0.2, 0.25) is 5.91 Å². The molecule has 1 amide bonds. The van der Waals surface area contributed by atoms with Gasteiger partial charge in [-0.05, 0) is 63.3 Å². The first-order chi connectivity index (χ1) is 13.4. The maximum Gasteiger partial charge on any atom is 0.340 e. The molecular formula is C22H25NO5. The molecular weight excluding hydrogens is 358 g/mol. The number of carbonyl (C=O) groups is 1. The van der Waals surface area contributed by atoms with Crippen molar-refractivity contribution in [2.24, 2.45) is 0 Å². The number of amides is 1. The number of aryl methyl sites for hydroxylation is 4. The molecule has 0 radical (unpaired) electrons. The van der Waals surface area contributed by atoms with Crippen LogP contribution in [0.5, 0.6) is 0 Å². The van der Waals surface area contributed by atoms with Crippen molar-refractivity contribution in [2.75, 3.05) is 13.2 Å². The molecule has 1 aromatic carbocycles. The summed E-state index contributed by atoms with van der Waals surface area (Å²) in [5, 5.41) is 4.67. The van der Waals surface area contributed by atoms with E-state index in [0.717, 1.165) is 52.7 Å². The Labute approximate surface area is 162 Å². The molecule has 1 saturated heterocycles. The maximum atomic E-state index is 12.6. The molecule has 3 heterocycles.